The van der Waals surface area contributed by atoms with Crippen molar-refractivity contribution in [3.8, 4) is 0 Å². The maximum absolute atomic E-state index is 12.0. The van der Waals surface area contributed by atoms with Gasteiger partial charge in [-0.05, 0) is 25.1 Å². The molecule has 1 atom stereocenters. The minimum atomic E-state index is -0.682. The van der Waals surface area contributed by atoms with Gasteiger partial charge in [-0.2, -0.15) is 0 Å². The molecule has 1 amide bonds. The zero-order chi connectivity index (χ0) is 16.7. The van der Waals surface area contributed by atoms with Crippen LogP contribution in [0.5, 0.6) is 0 Å². The summed E-state index contributed by atoms with van der Waals surface area (Å²) in [6.45, 7) is 3.24. The Balaban J connectivity index is 1.75. The summed E-state index contributed by atoms with van der Waals surface area (Å²) in [7, 11) is 1.91. The molecule has 2 aromatic carbocycles. The number of nitrogens with one attached hydrogen (secondary N) is 1. The summed E-state index contributed by atoms with van der Waals surface area (Å²) in [4.78, 5) is 13.9. The van der Waals surface area contributed by atoms with E-state index >= 15 is 0 Å². The first-order chi connectivity index (χ1) is 11.0. The van der Waals surface area contributed by atoms with E-state index < -0.39 is 6.10 Å². The number of likely N-dealkylation sites (N-methyl/N-ethyl adjacent to an activating group) is 1. The molecule has 0 radical (unpaired) electrons. The van der Waals surface area contributed by atoms with Crippen molar-refractivity contribution in [1.29, 1.82) is 0 Å². The zero-order valence-electron chi connectivity index (χ0n) is 13.7. The van der Waals surface area contributed by atoms with Gasteiger partial charge in [0.1, 0.15) is 0 Å². The van der Waals surface area contributed by atoms with Gasteiger partial charge in [0.25, 0.3) is 0 Å². The summed E-state index contributed by atoms with van der Waals surface area (Å²) < 4.78 is 0. The van der Waals surface area contributed by atoms with Crippen LogP contribution in [0.1, 0.15) is 22.8 Å². The third-order valence-corrected chi connectivity index (χ3v) is 3.66. The SMILES string of the molecule is Cc1ccc([C@H](O)CNC(=O)CN(C)Cc2ccccc2)cc1. The van der Waals surface area contributed by atoms with Crippen molar-refractivity contribution in [3.05, 3.63) is 71.3 Å². The molecule has 122 valence electrons. The standard InChI is InChI=1S/C19H24N2O2/c1-15-8-10-17(11-9-15)18(22)12-20-19(23)14-21(2)13-16-6-4-3-5-7-16/h3-11,18,22H,12-14H2,1-2H3,(H,20,23)/t18-/m1/s1. The van der Waals surface area contributed by atoms with Gasteiger partial charge in [-0.25, -0.2) is 0 Å². The van der Waals surface area contributed by atoms with Crippen LogP contribution in [-0.4, -0.2) is 36.1 Å². The minimum absolute atomic E-state index is 0.0883. The van der Waals surface area contributed by atoms with Crippen molar-refractivity contribution in [1.82, 2.24) is 10.2 Å². The van der Waals surface area contributed by atoms with Crippen LogP contribution in [0.4, 0.5) is 0 Å². The number of hydrogen-bond donors (Lipinski definition) is 2. The van der Waals surface area contributed by atoms with E-state index in [0.717, 1.165) is 17.7 Å². The second-order valence-corrected chi connectivity index (χ2v) is 5.89. The van der Waals surface area contributed by atoms with E-state index in [1.54, 1.807) is 0 Å². The van der Waals surface area contributed by atoms with Gasteiger partial charge >= 0.3 is 0 Å². The lowest BCUT2D eigenvalue weighted by molar-refractivity contribution is -0.122. The first-order valence-corrected chi connectivity index (χ1v) is 7.78. The zero-order valence-corrected chi connectivity index (χ0v) is 13.7. The van der Waals surface area contributed by atoms with Gasteiger partial charge in [0, 0.05) is 13.1 Å². The van der Waals surface area contributed by atoms with Gasteiger partial charge in [0.2, 0.25) is 5.91 Å². The van der Waals surface area contributed by atoms with Crippen LogP contribution in [0.25, 0.3) is 0 Å². The highest BCUT2D eigenvalue weighted by Gasteiger charge is 2.11. The van der Waals surface area contributed by atoms with Crippen LogP contribution in [-0.2, 0) is 11.3 Å². The maximum atomic E-state index is 12.0. The molecule has 4 heteroatoms. The number of aliphatic hydroxyl groups excluding tert-OH is 1. The van der Waals surface area contributed by atoms with E-state index in [0.29, 0.717) is 6.54 Å². The molecule has 0 aromatic heterocycles. The Hall–Kier alpha value is -2.17. The van der Waals surface area contributed by atoms with Crippen LogP contribution in [0.15, 0.2) is 54.6 Å². The molecule has 0 bridgehead atoms. The topological polar surface area (TPSA) is 52.6 Å². The van der Waals surface area contributed by atoms with Gasteiger partial charge < -0.3 is 10.4 Å². The molecule has 23 heavy (non-hydrogen) atoms. The third-order valence-electron chi connectivity index (χ3n) is 3.66. The number of aryl methyl sites for hydroxylation is 1. The fourth-order valence-electron chi connectivity index (χ4n) is 2.37. The smallest absolute Gasteiger partial charge is 0.234 e. The molecule has 0 spiro atoms. The average Bonchev–Trinajstić information content (AvgIpc) is 2.54. The van der Waals surface area contributed by atoms with E-state index in [1.165, 1.54) is 5.56 Å². The second kappa shape index (κ2) is 8.46. The number of carbonyl (C=O) groups excluding carboxylic acids is 1. The highest BCUT2D eigenvalue weighted by atomic mass is 16.3. The van der Waals surface area contributed by atoms with E-state index in [1.807, 2.05) is 73.5 Å². The molecule has 0 saturated carbocycles. The van der Waals surface area contributed by atoms with Crippen LogP contribution in [0.2, 0.25) is 0 Å². The van der Waals surface area contributed by atoms with Crippen molar-refractivity contribution in [2.75, 3.05) is 20.1 Å². The first-order valence-electron chi connectivity index (χ1n) is 7.78. The molecule has 2 aromatic rings. The van der Waals surface area contributed by atoms with Gasteiger partial charge in [0.15, 0.2) is 0 Å². The Labute approximate surface area is 137 Å². The predicted octanol–water partition coefficient (Wildman–Crippen LogP) is 2.28. The Morgan fingerprint density at radius 2 is 1.78 bits per heavy atom. The molecule has 2 rings (SSSR count). The lowest BCUT2D eigenvalue weighted by atomic mass is 10.1. The fraction of sp³-hybridized carbons (Fsp3) is 0.316. The van der Waals surface area contributed by atoms with Crippen molar-refractivity contribution < 1.29 is 9.90 Å². The van der Waals surface area contributed by atoms with E-state index in [2.05, 4.69) is 5.32 Å². The van der Waals surface area contributed by atoms with Gasteiger partial charge in [0.05, 0.1) is 12.6 Å². The summed E-state index contributed by atoms with van der Waals surface area (Å²) >= 11 is 0. The number of carbonyl (C=O) groups is 1. The molecule has 0 aliphatic heterocycles. The van der Waals surface area contributed by atoms with E-state index in [-0.39, 0.29) is 12.5 Å². The average molecular weight is 312 g/mol. The molecular weight excluding hydrogens is 288 g/mol. The Morgan fingerprint density at radius 3 is 2.43 bits per heavy atom. The number of rotatable bonds is 7. The summed E-state index contributed by atoms with van der Waals surface area (Å²) in [5.41, 5.74) is 3.13. The normalized spacial score (nSPS) is 12.2. The third kappa shape index (κ3) is 5.85. The van der Waals surface area contributed by atoms with Crippen molar-refractivity contribution >= 4 is 5.91 Å². The highest BCUT2D eigenvalue weighted by molar-refractivity contribution is 5.78. The van der Waals surface area contributed by atoms with Crippen molar-refractivity contribution in [2.24, 2.45) is 0 Å². The summed E-state index contributed by atoms with van der Waals surface area (Å²) in [5.74, 6) is -0.0883. The van der Waals surface area contributed by atoms with Crippen LogP contribution in [0, 0.1) is 6.92 Å². The largest absolute Gasteiger partial charge is 0.387 e. The van der Waals surface area contributed by atoms with E-state index in [9.17, 15) is 9.90 Å². The first kappa shape index (κ1) is 17.2. The Bertz CT molecular complexity index is 611. The Morgan fingerprint density at radius 1 is 1.13 bits per heavy atom. The summed E-state index contributed by atoms with van der Waals surface area (Å²) in [5, 5.41) is 12.9. The van der Waals surface area contributed by atoms with E-state index in [4.69, 9.17) is 0 Å². The van der Waals surface area contributed by atoms with Gasteiger partial charge in [-0.15, -0.1) is 0 Å². The molecule has 0 aliphatic rings. The van der Waals surface area contributed by atoms with Crippen LogP contribution >= 0.6 is 0 Å². The number of hydrogen-bond acceptors (Lipinski definition) is 3. The maximum Gasteiger partial charge on any atom is 0.234 e. The molecule has 2 N–H and O–H groups in total. The molecule has 0 aliphatic carbocycles. The highest BCUT2D eigenvalue weighted by Crippen LogP contribution is 2.12. The minimum Gasteiger partial charge on any atom is -0.387 e. The molecular formula is C19H24N2O2. The molecule has 0 heterocycles. The lowest BCUT2D eigenvalue weighted by Crippen LogP contribution is -2.36. The molecule has 0 fully saturated rings. The molecule has 0 unspecified atom stereocenters. The van der Waals surface area contributed by atoms with Crippen molar-refractivity contribution in [2.45, 2.75) is 19.6 Å². The second-order valence-electron chi connectivity index (χ2n) is 5.89. The van der Waals surface area contributed by atoms with Crippen molar-refractivity contribution in [3.63, 3.8) is 0 Å². The quantitative estimate of drug-likeness (QED) is 0.825. The number of nitrogens with zero attached hydrogens (tertiary/aromatic N) is 1. The number of amides is 1. The fourth-order valence-corrected chi connectivity index (χ4v) is 2.37. The summed E-state index contributed by atoms with van der Waals surface area (Å²) in [6, 6.07) is 17.7. The van der Waals surface area contributed by atoms with Crippen LogP contribution < -0.4 is 5.32 Å². The van der Waals surface area contributed by atoms with Gasteiger partial charge in [-0.3, -0.25) is 9.69 Å². The number of benzene rings is 2. The molecule has 4 nitrogen and oxygen atoms in total. The number of aliphatic hydroxyl groups is 1. The summed E-state index contributed by atoms with van der Waals surface area (Å²) in [6.07, 6.45) is -0.682. The predicted molar refractivity (Wildman–Crippen MR) is 91.9 cm³/mol. The monoisotopic (exact) mass is 312 g/mol. The van der Waals surface area contributed by atoms with Crippen LogP contribution in [0.3, 0.4) is 0 Å². The lowest BCUT2D eigenvalue weighted by Gasteiger charge is -2.17. The molecule has 0 saturated heterocycles. The van der Waals surface area contributed by atoms with Gasteiger partial charge in [-0.1, -0.05) is 60.2 Å². The Kier molecular flexibility index (Phi) is 6.32.